The number of hydrogen-bond acceptors (Lipinski definition) is 9. The van der Waals surface area contributed by atoms with Gasteiger partial charge in [0.1, 0.15) is 11.2 Å². The lowest BCUT2D eigenvalue weighted by Gasteiger charge is -2.23. The number of aromatic nitrogens is 2. The number of ketones is 2. The summed E-state index contributed by atoms with van der Waals surface area (Å²) >= 11 is 0. The first-order chi connectivity index (χ1) is 17.6. The topological polar surface area (TPSA) is 164 Å². The number of rotatable bonds is 5. The molecule has 0 bridgehead atoms. The Kier molecular flexibility index (Phi) is 5.65. The molecule has 0 unspecified atom stereocenters. The van der Waals surface area contributed by atoms with Crippen molar-refractivity contribution in [2.45, 2.75) is 4.90 Å². The van der Waals surface area contributed by atoms with E-state index in [1.165, 1.54) is 36.4 Å². The van der Waals surface area contributed by atoms with Crippen molar-refractivity contribution in [1.82, 2.24) is 9.97 Å². The van der Waals surface area contributed by atoms with Crippen LogP contribution < -0.4 is 16.4 Å². The number of nitrogen functional groups attached to an aromatic ring is 1. The Balaban J connectivity index is 1.63. The molecule has 1 aromatic heterocycles. The molecular weight excluding hydrogens is 508 g/mol. The average molecular weight is 523 g/mol. The van der Waals surface area contributed by atoms with Crippen LogP contribution in [0.15, 0.2) is 65.8 Å². The number of nitrogens with one attached hydrogen (secondary N) is 2. The fourth-order valence-electron chi connectivity index (χ4n) is 4.01. The molecule has 0 saturated heterocycles. The van der Waals surface area contributed by atoms with E-state index < -0.39 is 49.9 Å². The third-order valence-electron chi connectivity index (χ3n) is 5.63. The van der Waals surface area contributed by atoms with Gasteiger partial charge in [-0.3, -0.25) is 14.1 Å². The maximum atomic E-state index is 14.0. The van der Waals surface area contributed by atoms with Crippen molar-refractivity contribution in [2.75, 3.05) is 16.4 Å². The van der Waals surface area contributed by atoms with Crippen molar-refractivity contribution in [3.05, 3.63) is 94.9 Å². The van der Waals surface area contributed by atoms with E-state index in [1.807, 2.05) is 0 Å². The smallest absolute Gasteiger partial charge is 0.296 e. The predicted octanol–water partition coefficient (Wildman–Crippen LogP) is 3.85. The SMILES string of the molecule is Nc1c(S(=O)(=O)O)cc(Nc2cccc(Nc3ncnc(F)c3F)c2)c2c1C(=O)c1ccccc1C2=O. The predicted molar refractivity (Wildman–Crippen MR) is 129 cm³/mol. The van der Waals surface area contributed by atoms with Crippen molar-refractivity contribution in [2.24, 2.45) is 0 Å². The molecule has 0 saturated carbocycles. The summed E-state index contributed by atoms with van der Waals surface area (Å²) in [6, 6.07) is 12.9. The van der Waals surface area contributed by atoms with Crippen LogP contribution in [-0.2, 0) is 10.1 Å². The van der Waals surface area contributed by atoms with Gasteiger partial charge in [-0.15, -0.1) is 0 Å². The first-order valence-electron chi connectivity index (χ1n) is 10.5. The molecule has 0 aliphatic heterocycles. The number of nitrogens with two attached hydrogens (primary N) is 1. The van der Waals surface area contributed by atoms with Gasteiger partial charge in [0.25, 0.3) is 16.1 Å². The highest BCUT2D eigenvalue weighted by atomic mass is 32.2. The molecule has 13 heteroatoms. The van der Waals surface area contributed by atoms with E-state index in [-0.39, 0.29) is 39.3 Å². The van der Waals surface area contributed by atoms with Gasteiger partial charge in [0, 0.05) is 22.5 Å². The van der Waals surface area contributed by atoms with E-state index in [0.717, 1.165) is 12.4 Å². The van der Waals surface area contributed by atoms with E-state index >= 15 is 0 Å². The quantitative estimate of drug-likeness (QED) is 0.151. The number of carbonyl (C=O) groups excluding carboxylic acids is 2. The van der Waals surface area contributed by atoms with Crippen molar-refractivity contribution in [3.63, 3.8) is 0 Å². The summed E-state index contributed by atoms with van der Waals surface area (Å²) in [5, 5.41) is 5.45. The number of halogens is 2. The van der Waals surface area contributed by atoms with E-state index in [9.17, 15) is 31.3 Å². The largest absolute Gasteiger partial charge is 0.397 e. The Morgan fingerprint density at radius 2 is 1.46 bits per heavy atom. The zero-order valence-electron chi connectivity index (χ0n) is 18.5. The van der Waals surface area contributed by atoms with Gasteiger partial charge in [-0.25, -0.2) is 9.97 Å². The minimum atomic E-state index is -4.89. The number of anilines is 5. The van der Waals surface area contributed by atoms with Gasteiger partial charge in [0.15, 0.2) is 17.4 Å². The first-order valence-corrected chi connectivity index (χ1v) is 11.9. The van der Waals surface area contributed by atoms with Crippen LogP contribution in [0.3, 0.4) is 0 Å². The van der Waals surface area contributed by atoms with Gasteiger partial charge in [-0.05, 0) is 24.3 Å². The molecule has 1 aliphatic carbocycles. The number of nitrogens with zero attached hydrogens (tertiary/aromatic N) is 2. The van der Waals surface area contributed by atoms with Gasteiger partial charge < -0.3 is 16.4 Å². The summed E-state index contributed by atoms with van der Waals surface area (Å²) in [6.45, 7) is 0. The van der Waals surface area contributed by atoms with Crippen LogP contribution in [-0.4, -0.2) is 34.5 Å². The van der Waals surface area contributed by atoms with Crippen molar-refractivity contribution < 1.29 is 31.3 Å². The van der Waals surface area contributed by atoms with Gasteiger partial charge in [0.2, 0.25) is 5.82 Å². The summed E-state index contributed by atoms with van der Waals surface area (Å²) in [4.78, 5) is 32.6. The molecule has 5 N–H and O–H groups in total. The van der Waals surface area contributed by atoms with Gasteiger partial charge in [-0.1, -0.05) is 30.3 Å². The number of benzene rings is 3. The molecule has 186 valence electrons. The zero-order chi connectivity index (χ0) is 26.5. The van der Waals surface area contributed by atoms with Gasteiger partial charge in [-0.2, -0.15) is 17.2 Å². The molecule has 0 spiro atoms. The Morgan fingerprint density at radius 3 is 2.11 bits per heavy atom. The van der Waals surface area contributed by atoms with Crippen LogP contribution in [0, 0.1) is 11.8 Å². The zero-order valence-corrected chi connectivity index (χ0v) is 19.3. The second-order valence-corrected chi connectivity index (χ2v) is 9.31. The highest BCUT2D eigenvalue weighted by Gasteiger charge is 2.36. The Hall–Kier alpha value is -4.75. The van der Waals surface area contributed by atoms with Crippen LogP contribution in [0.2, 0.25) is 0 Å². The number of hydrogen-bond donors (Lipinski definition) is 4. The summed E-state index contributed by atoms with van der Waals surface area (Å²) in [5.41, 5.74) is 5.37. The fourth-order valence-corrected chi connectivity index (χ4v) is 4.65. The molecule has 5 rings (SSSR count). The third-order valence-corrected chi connectivity index (χ3v) is 6.52. The lowest BCUT2D eigenvalue weighted by Crippen LogP contribution is -2.25. The number of fused-ring (bicyclic) bond motifs is 2. The highest BCUT2D eigenvalue weighted by Crippen LogP contribution is 2.40. The van der Waals surface area contributed by atoms with E-state index in [1.54, 1.807) is 12.1 Å². The summed E-state index contributed by atoms with van der Waals surface area (Å²) in [5.74, 6) is -4.35. The molecule has 0 radical (unpaired) electrons. The first kappa shape index (κ1) is 24.0. The second-order valence-electron chi connectivity index (χ2n) is 7.92. The summed E-state index contributed by atoms with van der Waals surface area (Å²) < 4.78 is 61.3. The van der Waals surface area contributed by atoms with Crippen LogP contribution in [0.5, 0.6) is 0 Å². The van der Waals surface area contributed by atoms with Crippen molar-refractivity contribution >= 4 is 50.3 Å². The lowest BCUT2D eigenvalue weighted by atomic mass is 9.82. The Bertz CT molecular complexity index is 1740. The molecule has 1 heterocycles. The molecular formula is C24H15F2N5O5S. The minimum absolute atomic E-state index is 0.0374. The molecule has 37 heavy (non-hydrogen) atoms. The van der Waals surface area contributed by atoms with Crippen LogP contribution in [0.25, 0.3) is 0 Å². The van der Waals surface area contributed by atoms with E-state index in [4.69, 9.17) is 5.73 Å². The van der Waals surface area contributed by atoms with Gasteiger partial charge in [0.05, 0.1) is 22.5 Å². The normalized spacial score (nSPS) is 12.6. The average Bonchev–Trinajstić information content (AvgIpc) is 2.86. The highest BCUT2D eigenvalue weighted by molar-refractivity contribution is 7.86. The van der Waals surface area contributed by atoms with Crippen LogP contribution in [0.1, 0.15) is 31.8 Å². The molecule has 4 aromatic rings. The Morgan fingerprint density at radius 1 is 0.838 bits per heavy atom. The van der Waals surface area contributed by atoms with Crippen molar-refractivity contribution in [3.8, 4) is 0 Å². The molecule has 1 aliphatic rings. The van der Waals surface area contributed by atoms with E-state index in [0.29, 0.717) is 0 Å². The maximum Gasteiger partial charge on any atom is 0.296 e. The molecule has 0 amide bonds. The Labute approximate surface area is 207 Å². The monoisotopic (exact) mass is 523 g/mol. The van der Waals surface area contributed by atoms with Crippen LogP contribution in [0.4, 0.5) is 37.3 Å². The molecule has 0 atom stereocenters. The summed E-state index contributed by atoms with van der Waals surface area (Å²) in [7, 11) is -4.89. The molecule has 3 aromatic carbocycles. The lowest BCUT2D eigenvalue weighted by molar-refractivity contribution is 0.0980. The minimum Gasteiger partial charge on any atom is -0.397 e. The number of carbonyl (C=O) groups is 2. The van der Waals surface area contributed by atoms with Gasteiger partial charge >= 0.3 is 0 Å². The second kappa shape index (κ2) is 8.72. The van der Waals surface area contributed by atoms with E-state index in [2.05, 4.69) is 20.6 Å². The maximum absolute atomic E-state index is 14.0. The van der Waals surface area contributed by atoms with Crippen LogP contribution >= 0.6 is 0 Å². The third kappa shape index (κ3) is 4.15. The standard InChI is InChI=1S/C24H15F2N5O5S/c25-19-23(26)28-10-29-24(19)31-12-5-3-4-11(8-12)30-15-9-16(37(34,35)36)20(27)18-17(15)21(32)13-6-1-2-7-14(13)22(18)33/h1-10,30H,27H2,(H,28,29,31)(H,34,35,36). The molecule has 0 fully saturated rings. The van der Waals surface area contributed by atoms with Crippen molar-refractivity contribution in [1.29, 1.82) is 0 Å². The molecule has 10 nitrogen and oxygen atoms in total. The fraction of sp³-hybridized carbons (Fsp3) is 0. The summed E-state index contributed by atoms with van der Waals surface area (Å²) in [6.07, 6.45) is 0.834.